The molecule has 0 spiro atoms. The number of aromatic nitrogens is 1. The van der Waals surface area contributed by atoms with E-state index in [1.165, 1.54) is 0 Å². The molecule has 4 rings (SSSR count). The van der Waals surface area contributed by atoms with Gasteiger partial charge in [0.2, 0.25) is 0 Å². The molecule has 0 aliphatic carbocycles. The molecule has 1 unspecified atom stereocenters. The van der Waals surface area contributed by atoms with Gasteiger partial charge >= 0.3 is 0 Å². The van der Waals surface area contributed by atoms with Crippen molar-refractivity contribution >= 4 is 22.3 Å². The first-order chi connectivity index (χ1) is 10.6. The molecule has 1 aliphatic rings. The molecule has 0 bridgehead atoms. The van der Waals surface area contributed by atoms with E-state index in [-0.39, 0.29) is 5.56 Å². The molecular formula is C18H17N3O. The number of hydrogen-bond acceptors (Lipinski definition) is 3. The fourth-order valence-corrected chi connectivity index (χ4v) is 3.22. The van der Waals surface area contributed by atoms with E-state index in [1.807, 2.05) is 36.4 Å². The van der Waals surface area contributed by atoms with E-state index in [0.717, 1.165) is 45.5 Å². The van der Waals surface area contributed by atoms with Crippen LogP contribution in [0.1, 0.15) is 18.4 Å². The van der Waals surface area contributed by atoms with Crippen molar-refractivity contribution in [2.24, 2.45) is 0 Å². The van der Waals surface area contributed by atoms with Crippen molar-refractivity contribution in [2.75, 3.05) is 17.6 Å². The quantitative estimate of drug-likeness (QED) is 0.602. The number of anilines is 2. The first-order valence-electron chi connectivity index (χ1n) is 7.43. The van der Waals surface area contributed by atoms with Crippen molar-refractivity contribution in [1.29, 1.82) is 0 Å². The maximum absolute atomic E-state index is 12.1. The van der Waals surface area contributed by atoms with Gasteiger partial charge in [0.05, 0.1) is 0 Å². The van der Waals surface area contributed by atoms with Gasteiger partial charge in [0.25, 0.3) is 5.56 Å². The summed E-state index contributed by atoms with van der Waals surface area (Å²) >= 11 is 0. The van der Waals surface area contributed by atoms with Gasteiger partial charge in [-0.3, -0.25) is 4.79 Å². The maximum Gasteiger partial charge on any atom is 0.272 e. The zero-order chi connectivity index (χ0) is 15.3. The number of hydrogen-bond donors (Lipinski definition) is 3. The molecule has 4 heteroatoms. The summed E-state index contributed by atoms with van der Waals surface area (Å²) in [5.74, 6) is 0.335. The third kappa shape index (κ3) is 1.88. The van der Waals surface area contributed by atoms with E-state index in [4.69, 9.17) is 5.73 Å². The SMILES string of the molecule is CC1CNc2c1c1cc(-c3ccc(N)cc3)ccc1[nH]c2=O. The van der Waals surface area contributed by atoms with Crippen LogP contribution in [0, 0.1) is 0 Å². The smallest absolute Gasteiger partial charge is 0.272 e. The van der Waals surface area contributed by atoms with E-state index in [2.05, 4.69) is 23.3 Å². The fraction of sp³-hybridized carbons (Fsp3) is 0.167. The largest absolute Gasteiger partial charge is 0.399 e. The molecule has 2 aromatic carbocycles. The average Bonchev–Trinajstić information content (AvgIpc) is 2.91. The second kappa shape index (κ2) is 4.63. The second-order valence-electron chi connectivity index (χ2n) is 5.91. The van der Waals surface area contributed by atoms with Gasteiger partial charge < -0.3 is 16.0 Å². The first kappa shape index (κ1) is 13.0. The summed E-state index contributed by atoms with van der Waals surface area (Å²) in [7, 11) is 0. The number of nitrogen functional groups attached to an aromatic ring is 1. The summed E-state index contributed by atoms with van der Waals surface area (Å²) in [6.07, 6.45) is 0. The van der Waals surface area contributed by atoms with Crippen molar-refractivity contribution in [3.8, 4) is 11.1 Å². The van der Waals surface area contributed by atoms with Crippen molar-refractivity contribution in [3.05, 3.63) is 58.4 Å². The number of benzene rings is 2. The fourth-order valence-electron chi connectivity index (χ4n) is 3.22. The van der Waals surface area contributed by atoms with Crippen LogP contribution in [0.15, 0.2) is 47.3 Å². The average molecular weight is 291 g/mol. The first-order valence-corrected chi connectivity index (χ1v) is 7.43. The number of rotatable bonds is 1. The van der Waals surface area contributed by atoms with Crippen LogP contribution in [0.3, 0.4) is 0 Å². The van der Waals surface area contributed by atoms with Gasteiger partial charge in [-0.15, -0.1) is 0 Å². The monoisotopic (exact) mass is 291 g/mol. The van der Waals surface area contributed by atoms with Gasteiger partial charge in [-0.2, -0.15) is 0 Å². The van der Waals surface area contributed by atoms with Crippen LogP contribution in [0.5, 0.6) is 0 Å². The molecule has 0 radical (unpaired) electrons. The zero-order valence-electron chi connectivity index (χ0n) is 12.3. The van der Waals surface area contributed by atoms with E-state index in [9.17, 15) is 4.79 Å². The topological polar surface area (TPSA) is 70.9 Å². The normalized spacial score (nSPS) is 16.5. The predicted molar refractivity (Wildman–Crippen MR) is 91.3 cm³/mol. The Morgan fingerprint density at radius 1 is 1.09 bits per heavy atom. The summed E-state index contributed by atoms with van der Waals surface area (Å²) in [6, 6.07) is 14.0. The van der Waals surface area contributed by atoms with Gasteiger partial charge in [-0.1, -0.05) is 25.1 Å². The highest BCUT2D eigenvalue weighted by Crippen LogP contribution is 2.35. The molecule has 3 aromatic rings. The summed E-state index contributed by atoms with van der Waals surface area (Å²) in [6.45, 7) is 2.96. The summed E-state index contributed by atoms with van der Waals surface area (Å²) in [4.78, 5) is 15.1. The second-order valence-corrected chi connectivity index (χ2v) is 5.91. The molecule has 1 aliphatic heterocycles. The highest BCUT2D eigenvalue weighted by atomic mass is 16.1. The molecule has 22 heavy (non-hydrogen) atoms. The summed E-state index contributed by atoms with van der Waals surface area (Å²) in [5, 5.41) is 4.33. The number of pyridine rings is 1. The van der Waals surface area contributed by atoms with Gasteiger partial charge in [0.15, 0.2) is 0 Å². The van der Waals surface area contributed by atoms with Gasteiger partial charge in [0.1, 0.15) is 5.69 Å². The van der Waals surface area contributed by atoms with Crippen LogP contribution in [0.25, 0.3) is 22.0 Å². The van der Waals surface area contributed by atoms with Crippen molar-refractivity contribution in [3.63, 3.8) is 0 Å². The van der Waals surface area contributed by atoms with Gasteiger partial charge in [-0.25, -0.2) is 0 Å². The summed E-state index contributed by atoms with van der Waals surface area (Å²) < 4.78 is 0. The van der Waals surface area contributed by atoms with Crippen LogP contribution < -0.4 is 16.6 Å². The van der Waals surface area contributed by atoms with Gasteiger partial charge in [-0.05, 0) is 41.0 Å². The van der Waals surface area contributed by atoms with E-state index in [1.54, 1.807) is 0 Å². The van der Waals surface area contributed by atoms with E-state index in [0.29, 0.717) is 5.92 Å². The maximum atomic E-state index is 12.1. The third-order valence-electron chi connectivity index (χ3n) is 4.38. The van der Waals surface area contributed by atoms with E-state index >= 15 is 0 Å². The Bertz CT molecular complexity index is 925. The Kier molecular flexibility index (Phi) is 2.73. The lowest BCUT2D eigenvalue weighted by molar-refractivity contribution is 0.860. The number of fused-ring (bicyclic) bond motifs is 3. The minimum atomic E-state index is -0.0351. The molecule has 0 saturated heterocycles. The number of aromatic amines is 1. The molecule has 0 amide bonds. The molecule has 0 fully saturated rings. The van der Waals surface area contributed by atoms with Crippen LogP contribution in [-0.2, 0) is 0 Å². The Morgan fingerprint density at radius 3 is 2.59 bits per heavy atom. The molecule has 4 nitrogen and oxygen atoms in total. The van der Waals surface area contributed by atoms with Crippen molar-refractivity contribution < 1.29 is 0 Å². The highest BCUT2D eigenvalue weighted by Gasteiger charge is 2.24. The lowest BCUT2D eigenvalue weighted by atomic mass is 9.96. The minimum absolute atomic E-state index is 0.0351. The van der Waals surface area contributed by atoms with Crippen LogP contribution in [0.2, 0.25) is 0 Å². The highest BCUT2D eigenvalue weighted by molar-refractivity contribution is 5.92. The summed E-state index contributed by atoms with van der Waals surface area (Å²) in [5.41, 5.74) is 11.4. The lowest BCUT2D eigenvalue weighted by Crippen LogP contribution is -2.11. The van der Waals surface area contributed by atoms with Crippen LogP contribution in [-0.4, -0.2) is 11.5 Å². The van der Waals surface area contributed by atoms with Crippen molar-refractivity contribution in [2.45, 2.75) is 12.8 Å². The van der Waals surface area contributed by atoms with Crippen LogP contribution in [0.4, 0.5) is 11.4 Å². The molecule has 110 valence electrons. The Balaban J connectivity index is 1.98. The number of H-pyrrole nitrogens is 1. The standard InChI is InChI=1S/C18H17N3O/c1-10-9-20-17-16(10)14-8-12(4-7-15(14)21-18(17)22)11-2-5-13(19)6-3-11/h2-8,10,20H,9,19H2,1H3,(H,21,22). The van der Waals surface area contributed by atoms with E-state index < -0.39 is 0 Å². The Labute approximate surface area is 128 Å². The minimum Gasteiger partial charge on any atom is -0.399 e. The molecule has 2 heterocycles. The molecule has 1 atom stereocenters. The van der Waals surface area contributed by atoms with Crippen molar-refractivity contribution in [1.82, 2.24) is 4.98 Å². The number of nitrogens with one attached hydrogen (secondary N) is 2. The Morgan fingerprint density at radius 2 is 1.82 bits per heavy atom. The molecular weight excluding hydrogens is 274 g/mol. The molecule has 1 aromatic heterocycles. The Hall–Kier alpha value is -2.75. The third-order valence-corrected chi connectivity index (χ3v) is 4.38. The number of nitrogens with two attached hydrogens (primary N) is 1. The van der Waals surface area contributed by atoms with Gasteiger partial charge in [0, 0.05) is 29.1 Å². The van der Waals surface area contributed by atoms with Crippen LogP contribution >= 0.6 is 0 Å². The molecule has 0 saturated carbocycles. The zero-order valence-corrected chi connectivity index (χ0v) is 12.3. The lowest BCUT2D eigenvalue weighted by Gasteiger charge is -2.10. The molecule has 4 N–H and O–H groups in total. The predicted octanol–water partition coefficient (Wildman–Crippen LogP) is 3.31.